The van der Waals surface area contributed by atoms with E-state index in [-0.39, 0.29) is 25.0 Å². The molecule has 34 heavy (non-hydrogen) atoms. The molecular weight excluding hydrogens is 438 g/mol. The van der Waals surface area contributed by atoms with E-state index in [1.165, 1.54) is 24.2 Å². The number of likely N-dealkylation sites (tertiary alicyclic amines) is 1. The van der Waals surface area contributed by atoms with E-state index < -0.39 is 24.2 Å². The zero-order valence-electron chi connectivity index (χ0n) is 20.1. The predicted molar refractivity (Wildman–Crippen MR) is 127 cm³/mol. The van der Waals surface area contributed by atoms with E-state index in [2.05, 4.69) is 4.90 Å². The zero-order chi connectivity index (χ0) is 24.0. The van der Waals surface area contributed by atoms with Crippen molar-refractivity contribution in [2.24, 2.45) is 5.92 Å². The highest BCUT2D eigenvalue weighted by Gasteiger charge is 2.51. The first-order valence-corrected chi connectivity index (χ1v) is 12.6. The summed E-state index contributed by atoms with van der Waals surface area (Å²) in [5.74, 6) is -5.39. The fourth-order valence-corrected chi connectivity index (χ4v) is 5.69. The second-order valence-electron chi connectivity index (χ2n) is 10.3. The zero-order valence-corrected chi connectivity index (χ0v) is 20.1. The Labute approximate surface area is 199 Å². The molecule has 2 aromatic rings. The number of benzene rings is 1. The quantitative estimate of drug-likeness (QED) is 0.676. The van der Waals surface area contributed by atoms with E-state index in [9.17, 15) is 18.4 Å². The maximum absolute atomic E-state index is 15.0. The van der Waals surface area contributed by atoms with Crippen molar-refractivity contribution in [3.8, 4) is 0 Å². The van der Waals surface area contributed by atoms with Crippen molar-refractivity contribution in [3.63, 3.8) is 0 Å². The average molecular weight is 473 g/mol. The van der Waals surface area contributed by atoms with E-state index in [4.69, 9.17) is 0 Å². The Hall–Kier alpha value is -2.48. The van der Waals surface area contributed by atoms with E-state index in [0.29, 0.717) is 24.8 Å². The van der Waals surface area contributed by atoms with Crippen LogP contribution >= 0.6 is 0 Å². The van der Waals surface area contributed by atoms with Crippen molar-refractivity contribution >= 4 is 22.7 Å². The molecule has 0 N–H and O–H groups in total. The van der Waals surface area contributed by atoms with Crippen LogP contribution in [0.4, 0.5) is 8.78 Å². The smallest absolute Gasteiger partial charge is 0.270 e. The molecule has 3 aliphatic rings. The number of piperidine rings is 1. The summed E-state index contributed by atoms with van der Waals surface area (Å²) in [6, 6.07) is 10.2. The lowest BCUT2D eigenvalue weighted by atomic mass is 9.90. The maximum atomic E-state index is 15.0. The topological polar surface area (TPSA) is 48.8 Å². The molecule has 1 aromatic heterocycles. The molecule has 1 aliphatic carbocycles. The van der Waals surface area contributed by atoms with Crippen molar-refractivity contribution < 1.29 is 18.4 Å². The number of nitrogens with zero attached hydrogens (tertiary/aromatic N) is 4. The lowest BCUT2D eigenvalue weighted by Gasteiger charge is -2.45. The van der Waals surface area contributed by atoms with Gasteiger partial charge in [0, 0.05) is 68.7 Å². The third-order valence-electron chi connectivity index (χ3n) is 7.91. The Bertz CT molecular complexity index is 1070. The summed E-state index contributed by atoms with van der Waals surface area (Å²) in [7, 11) is 0. The lowest BCUT2D eigenvalue weighted by Crippen LogP contribution is -2.59. The van der Waals surface area contributed by atoms with Crippen LogP contribution < -0.4 is 0 Å². The number of carbonyl (C=O) groups excluding carboxylic acids is 2. The van der Waals surface area contributed by atoms with Gasteiger partial charge in [0.2, 0.25) is 5.91 Å². The van der Waals surface area contributed by atoms with Crippen molar-refractivity contribution in [1.82, 2.24) is 19.3 Å². The molecule has 6 nitrogen and oxygen atoms in total. The molecule has 3 fully saturated rings. The SMILES string of the molecule is CC(C)n1c(C(=O)N2CCC(F)(F)C(C(=O)N3CCN(C4CCC4)CC3)C2)cc2ccccc21. The minimum absolute atomic E-state index is 0.0365. The fourth-order valence-electron chi connectivity index (χ4n) is 5.69. The summed E-state index contributed by atoms with van der Waals surface area (Å²) < 4.78 is 31.9. The lowest BCUT2D eigenvalue weighted by molar-refractivity contribution is -0.160. The number of para-hydroxylation sites is 1. The predicted octanol–water partition coefficient (Wildman–Crippen LogP) is 4.02. The number of aromatic nitrogens is 1. The van der Waals surface area contributed by atoms with E-state index in [1.807, 2.05) is 48.7 Å². The van der Waals surface area contributed by atoms with Gasteiger partial charge in [0.15, 0.2) is 0 Å². The van der Waals surface area contributed by atoms with E-state index in [1.54, 1.807) is 4.90 Å². The second-order valence-corrected chi connectivity index (χ2v) is 10.3. The standard InChI is InChI=1S/C26H34F2N4O2/c1-18(2)32-22-9-4-3-6-19(22)16-23(32)25(34)31-11-10-26(27,28)21(17-31)24(33)30-14-12-29(13-15-30)20-7-5-8-20/h3-4,6,9,16,18,20-21H,5,7-8,10-15,17H2,1-2H3. The monoisotopic (exact) mass is 472 g/mol. The molecule has 0 radical (unpaired) electrons. The number of hydrogen-bond donors (Lipinski definition) is 0. The number of alkyl halides is 2. The number of rotatable bonds is 4. The molecule has 0 spiro atoms. The van der Waals surface area contributed by atoms with Gasteiger partial charge < -0.3 is 14.4 Å². The van der Waals surface area contributed by atoms with Gasteiger partial charge in [-0.15, -0.1) is 0 Å². The number of carbonyl (C=O) groups is 2. The number of amides is 2. The second kappa shape index (κ2) is 8.95. The van der Waals surface area contributed by atoms with Crippen LogP contribution in [0.2, 0.25) is 0 Å². The van der Waals surface area contributed by atoms with Crippen LogP contribution in [0.5, 0.6) is 0 Å². The number of halogens is 2. The Kier molecular flexibility index (Phi) is 6.12. The van der Waals surface area contributed by atoms with E-state index >= 15 is 0 Å². The first-order valence-electron chi connectivity index (χ1n) is 12.6. The highest BCUT2D eigenvalue weighted by atomic mass is 19.3. The van der Waals surface area contributed by atoms with Gasteiger partial charge in [-0.25, -0.2) is 8.78 Å². The number of fused-ring (bicyclic) bond motifs is 1. The summed E-state index contributed by atoms with van der Waals surface area (Å²) >= 11 is 0. The Morgan fingerprint density at radius 1 is 1.00 bits per heavy atom. The molecule has 0 bridgehead atoms. The average Bonchev–Trinajstić information content (AvgIpc) is 3.17. The van der Waals surface area contributed by atoms with Crippen LogP contribution in [0.25, 0.3) is 10.9 Å². The molecule has 2 saturated heterocycles. The number of piperazine rings is 1. The Morgan fingerprint density at radius 3 is 2.35 bits per heavy atom. The van der Waals surface area contributed by atoms with Gasteiger partial charge in [-0.05, 0) is 38.8 Å². The van der Waals surface area contributed by atoms with Crippen LogP contribution in [-0.2, 0) is 4.79 Å². The van der Waals surface area contributed by atoms with Crippen LogP contribution in [0, 0.1) is 5.92 Å². The van der Waals surface area contributed by atoms with Gasteiger partial charge >= 0.3 is 0 Å². The number of hydrogen-bond acceptors (Lipinski definition) is 3. The molecule has 1 saturated carbocycles. The van der Waals surface area contributed by atoms with E-state index in [0.717, 1.165) is 24.0 Å². The van der Waals surface area contributed by atoms with Gasteiger partial charge in [-0.2, -0.15) is 0 Å². The molecule has 8 heteroatoms. The van der Waals surface area contributed by atoms with Crippen LogP contribution in [0.3, 0.4) is 0 Å². The highest BCUT2D eigenvalue weighted by Crippen LogP contribution is 2.36. The van der Waals surface area contributed by atoms with Crippen molar-refractivity contribution in [2.75, 3.05) is 39.3 Å². The minimum Gasteiger partial charge on any atom is -0.340 e. The van der Waals surface area contributed by atoms with Gasteiger partial charge in [0.05, 0.1) is 0 Å². The van der Waals surface area contributed by atoms with Gasteiger partial charge in [0.25, 0.3) is 11.8 Å². The molecule has 5 rings (SSSR count). The molecule has 1 aromatic carbocycles. The van der Waals surface area contributed by atoms with Crippen molar-refractivity contribution in [3.05, 3.63) is 36.0 Å². The third kappa shape index (κ3) is 4.10. The van der Waals surface area contributed by atoms with Crippen LogP contribution in [-0.4, -0.2) is 82.3 Å². The van der Waals surface area contributed by atoms with Gasteiger partial charge in [-0.1, -0.05) is 24.6 Å². The summed E-state index contributed by atoms with van der Waals surface area (Å²) in [5.41, 5.74) is 1.43. The maximum Gasteiger partial charge on any atom is 0.270 e. The summed E-state index contributed by atoms with van der Waals surface area (Å²) in [6.45, 7) is 6.16. The normalized spacial score (nSPS) is 24.0. The molecule has 3 heterocycles. The Balaban J connectivity index is 1.33. The first kappa shape index (κ1) is 23.3. The molecular formula is C26H34F2N4O2. The largest absolute Gasteiger partial charge is 0.340 e. The summed E-state index contributed by atoms with van der Waals surface area (Å²) in [6.07, 6.45) is 3.15. The first-order chi connectivity index (χ1) is 16.3. The van der Waals surface area contributed by atoms with Crippen LogP contribution in [0.1, 0.15) is 56.1 Å². The highest BCUT2D eigenvalue weighted by molar-refractivity contribution is 5.99. The fraction of sp³-hybridized carbons (Fsp3) is 0.615. The van der Waals surface area contributed by atoms with Crippen molar-refractivity contribution in [1.29, 1.82) is 0 Å². The minimum atomic E-state index is -3.11. The van der Waals surface area contributed by atoms with Crippen LogP contribution in [0.15, 0.2) is 30.3 Å². The molecule has 2 amide bonds. The summed E-state index contributed by atoms with van der Waals surface area (Å²) in [5, 5.41) is 0.943. The summed E-state index contributed by atoms with van der Waals surface area (Å²) in [4.78, 5) is 32.2. The molecule has 1 unspecified atom stereocenters. The van der Waals surface area contributed by atoms with Crippen molar-refractivity contribution in [2.45, 2.75) is 57.5 Å². The third-order valence-corrected chi connectivity index (χ3v) is 7.91. The molecule has 2 aliphatic heterocycles. The van der Waals surface area contributed by atoms with Gasteiger partial charge in [-0.3, -0.25) is 14.5 Å². The molecule has 184 valence electrons. The Morgan fingerprint density at radius 2 is 1.71 bits per heavy atom. The molecule has 1 atom stereocenters. The van der Waals surface area contributed by atoms with Gasteiger partial charge in [0.1, 0.15) is 11.6 Å².